The van der Waals surface area contributed by atoms with Crippen molar-refractivity contribution in [2.45, 2.75) is 31.7 Å². The molecule has 1 aliphatic heterocycles. The minimum atomic E-state index is -1.09. The molecule has 0 bridgehead atoms. The molecule has 0 aromatic heterocycles. The van der Waals surface area contributed by atoms with Crippen molar-refractivity contribution in [3.63, 3.8) is 0 Å². The molecular weight excluding hydrogens is 176 g/mol. The van der Waals surface area contributed by atoms with Gasteiger partial charge in [0.1, 0.15) is 5.54 Å². The van der Waals surface area contributed by atoms with E-state index in [1.54, 1.807) is 12.6 Å². The Morgan fingerprint density at radius 1 is 1.54 bits per heavy atom. The fourth-order valence-electron chi connectivity index (χ4n) is 1.01. The van der Waals surface area contributed by atoms with Gasteiger partial charge in [0.2, 0.25) is 0 Å². The highest BCUT2D eigenvalue weighted by atomic mass is 16.9. The van der Waals surface area contributed by atoms with Crippen LogP contribution in [0.25, 0.3) is 0 Å². The SMILES string of the molecule is CCC1(N)CCC(=O)ONOC1=O. The molecule has 1 atom stereocenters. The molecule has 1 fully saturated rings. The Morgan fingerprint density at radius 3 is 2.85 bits per heavy atom. The van der Waals surface area contributed by atoms with Gasteiger partial charge in [-0.05, 0) is 12.8 Å². The summed E-state index contributed by atoms with van der Waals surface area (Å²) in [4.78, 5) is 30.7. The quantitative estimate of drug-likeness (QED) is 0.570. The van der Waals surface area contributed by atoms with Crippen LogP contribution in [-0.2, 0) is 19.3 Å². The lowest BCUT2D eigenvalue weighted by Crippen LogP contribution is -2.52. The van der Waals surface area contributed by atoms with Crippen LogP contribution in [0.5, 0.6) is 0 Å². The molecule has 0 saturated carbocycles. The lowest BCUT2D eigenvalue weighted by Gasteiger charge is -2.26. The molecule has 6 nitrogen and oxygen atoms in total. The van der Waals surface area contributed by atoms with E-state index in [9.17, 15) is 9.59 Å². The zero-order valence-corrected chi connectivity index (χ0v) is 7.33. The minimum absolute atomic E-state index is 0.104. The summed E-state index contributed by atoms with van der Waals surface area (Å²) in [6.07, 6.45) is 0.760. The number of nitrogens with two attached hydrogens (primary N) is 1. The standard InChI is InChI=1S/C7H12N2O4/c1-2-7(8)4-3-5(10)12-9-13-6(7)11/h9H,2-4,8H2,1H3. The molecule has 6 heteroatoms. The van der Waals surface area contributed by atoms with Crippen molar-refractivity contribution in [2.75, 3.05) is 0 Å². The Kier molecular flexibility index (Phi) is 2.84. The van der Waals surface area contributed by atoms with E-state index in [4.69, 9.17) is 5.73 Å². The maximum Gasteiger partial charge on any atom is 0.348 e. The molecule has 1 unspecified atom stereocenters. The molecule has 74 valence electrons. The van der Waals surface area contributed by atoms with Crippen molar-refractivity contribution in [3.8, 4) is 0 Å². The zero-order valence-electron chi connectivity index (χ0n) is 7.33. The van der Waals surface area contributed by atoms with Gasteiger partial charge in [0.05, 0.1) is 0 Å². The second kappa shape index (κ2) is 3.71. The highest BCUT2D eigenvalue weighted by Crippen LogP contribution is 2.17. The monoisotopic (exact) mass is 188 g/mol. The van der Waals surface area contributed by atoms with E-state index in [1.807, 2.05) is 0 Å². The Balaban J connectivity index is 2.69. The molecule has 0 radical (unpaired) electrons. The summed E-state index contributed by atoms with van der Waals surface area (Å²) < 4.78 is 0. The molecule has 1 aliphatic rings. The van der Waals surface area contributed by atoms with Crippen molar-refractivity contribution >= 4 is 11.9 Å². The molecule has 1 saturated heterocycles. The highest BCUT2D eigenvalue weighted by molar-refractivity contribution is 5.82. The van der Waals surface area contributed by atoms with Crippen LogP contribution in [0.3, 0.4) is 0 Å². The normalized spacial score (nSPS) is 30.0. The van der Waals surface area contributed by atoms with Gasteiger partial charge in [-0.25, -0.2) is 4.79 Å². The van der Waals surface area contributed by atoms with Crippen molar-refractivity contribution in [3.05, 3.63) is 0 Å². The number of hydrogen-bond acceptors (Lipinski definition) is 6. The molecule has 13 heavy (non-hydrogen) atoms. The average Bonchev–Trinajstić information content (AvgIpc) is 2.12. The van der Waals surface area contributed by atoms with Gasteiger partial charge in [0, 0.05) is 12.1 Å². The first-order valence-electron chi connectivity index (χ1n) is 4.03. The van der Waals surface area contributed by atoms with Crippen LogP contribution < -0.4 is 11.4 Å². The van der Waals surface area contributed by atoms with Crippen molar-refractivity contribution in [2.24, 2.45) is 5.73 Å². The van der Waals surface area contributed by atoms with E-state index in [2.05, 4.69) is 9.68 Å². The van der Waals surface area contributed by atoms with E-state index in [0.29, 0.717) is 6.42 Å². The lowest BCUT2D eigenvalue weighted by molar-refractivity contribution is -0.207. The van der Waals surface area contributed by atoms with E-state index in [0.717, 1.165) is 0 Å². The summed E-state index contributed by atoms with van der Waals surface area (Å²) in [5, 5.41) is 0. The molecule has 0 spiro atoms. The zero-order chi connectivity index (χ0) is 9.90. The van der Waals surface area contributed by atoms with E-state index >= 15 is 0 Å². The average molecular weight is 188 g/mol. The predicted octanol–water partition coefficient (Wildman–Crippen LogP) is -0.606. The number of hydrogen-bond donors (Lipinski definition) is 2. The topological polar surface area (TPSA) is 90.7 Å². The van der Waals surface area contributed by atoms with Gasteiger partial charge < -0.3 is 15.4 Å². The lowest BCUT2D eigenvalue weighted by atomic mass is 9.92. The molecule has 0 aromatic rings. The minimum Gasteiger partial charge on any atom is -0.336 e. The van der Waals surface area contributed by atoms with Crippen molar-refractivity contribution in [1.29, 1.82) is 0 Å². The van der Waals surface area contributed by atoms with Crippen LogP contribution in [0.2, 0.25) is 0 Å². The molecule has 3 N–H and O–H groups in total. The van der Waals surface area contributed by atoms with Gasteiger partial charge in [0.25, 0.3) is 0 Å². The second-order valence-electron chi connectivity index (χ2n) is 2.96. The van der Waals surface area contributed by atoms with Crippen LogP contribution in [0, 0.1) is 0 Å². The fourth-order valence-corrected chi connectivity index (χ4v) is 1.01. The number of carbonyl (C=O) groups excluding carboxylic acids is 2. The van der Waals surface area contributed by atoms with Crippen LogP contribution in [0.15, 0.2) is 0 Å². The Hall–Kier alpha value is -1.14. The van der Waals surface area contributed by atoms with Gasteiger partial charge in [-0.15, -0.1) is 0 Å². The summed E-state index contributed by atoms with van der Waals surface area (Å²) in [6.45, 7) is 1.76. The molecule has 1 heterocycles. The van der Waals surface area contributed by atoms with Gasteiger partial charge in [-0.3, -0.25) is 4.79 Å². The van der Waals surface area contributed by atoms with Crippen LogP contribution in [0.4, 0.5) is 0 Å². The molecule has 0 aromatic carbocycles. The first-order valence-corrected chi connectivity index (χ1v) is 4.03. The Labute approximate surface area is 75.3 Å². The third-order valence-corrected chi connectivity index (χ3v) is 2.10. The van der Waals surface area contributed by atoms with E-state index < -0.39 is 17.5 Å². The summed E-state index contributed by atoms with van der Waals surface area (Å²) >= 11 is 0. The van der Waals surface area contributed by atoms with Gasteiger partial charge in [0.15, 0.2) is 0 Å². The predicted molar refractivity (Wildman–Crippen MR) is 41.8 cm³/mol. The van der Waals surface area contributed by atoms with Crippen molar-refractivity contribution in [1.82, 2.24) is 5.64 Å². The highest BCUT2D eigenvalue weighted by Gasteiger charge is 2.36. The first-order chi connectivity index (χ1) is 6.08. The van der Waals surface area contributed by atoms with Gasteiger partial charge >= 0.3 is 11.9 Å². The maximum absolute atomic E-state index is 11.2. The maximum atomic E-state index is 11.2. The summed E-state index contributed by atoms with van der Waals surface area (Å²) in [5.74, 6) is -1.10. The van der Waals surface area contributed by atoms with Crippen LogP contribution in [0.1, 0.15) is 26.2 Å². The third-order valence-electron chi connectivity index (χ3n) is 2.10. The van der Waals surface area contributed by atoms with Crippen molar-refractivity contribution < 1.29 is 19.3 Å². The van der Waals surface area contributed by atoms with Crippen LogP contribution >= 0.6 is 0 Å². The van der Waals surface area contributed by atoms with Crippen LogP contribution in [-0.4, -0.2) is 17.5 Å². The molecule has 0 aliphatic carbocycles. The summed E-state index contributed by atoms with van der Waals surface area (Å²) in [6, 6.07) is 0. The third kappa shape index (κ3) is 2.16. The van der Waals surface area contributed by atoms with E-state index in [1.165, 1.54) is 0 Å². The second-order valence-corrected chi connectivity index (χ2v) is 2.96. The molecular formula is C7H12N2O4. The molecule has 0 amide bonds. The number of carbonyl (C=O) groups is 2. The summed E-state index contributed by atoms with van der Waals surface area (Å²) in [5.41, 5.74) is 6.42. The largest absolute Gasteiger partial charge is 0.348 e. The molecule has 1 rings (SSSR count). The fraction of sp³-hybridized carbons (Fsp3) is 0.714. The van der Waals surface area contributed by atoms with Gasteiger partial charge in [-0.1, -0.05) is 6.92 Å². The summed E-state index contributed by atoms with van der Waals surface area (Å²) in [7, 11) is 0. The number of rotatable bonds is 1. The first kappa shape index (κ1) is 9.94. The van der Waals surface area contributed by atoms with E-state index in [-0.39, 0.29) is 12.8 Å². The Morgan fingerprint density at radius 2 is 2.23 bits per heavy atom. The Bertz CT molecular complexity index is 231. The van der Waals surface area contributed by atoms with Gasteiger partial charge in [-0.2, -0.15) is 0 Å². The number of nitrogens with one attached hydrogen (secondary N) is 1. The smallest absolute Gasteiger partial charge is 0.336 e.